The molecule has 0 spiro atoms. The lowest BCUT2D eigenvalue weighted by atomic mass is 10.1. The zero-order valence-corrected chi connectivity index (χ0v) is 12.0. The van der Waals surface area contributed by atoms with E-state index >= 15 is 0 Å². The van der Waals surface area contributed by atoms with Crippen molar-refractivity contribution >= 4 is 17.4 Å². The molecule has 1 aromatic heterocycles. The average molecular weight is 287 g/mol. The highest BCUT2D eigenvalue weighted by Gasteiger charge is 2.06. The van der Waals surface area contributed by atoms with Crippen LogP contribution in [-0.2, 0) is 11.8 Å². The Morgan fingerprint density at radius 3 is 2.57 bits per heavy atom. The molecule has 2 aromatic rings. The molecule has 0 unspecified atom stereocenters. The van der Waals surface area contributed by atoms with Crippen molar-refractivity contribution in [2.24, 2.45) is 7.05 Å². The summed E-state index contributed by atoms with van der Waals surface area (Å²) in [5, 5.41) is 6.62. The number of hydrogen-bond donors (Lipinski definition) is 1. The van der Waals surface area contributed by atoms with E-state index in [1.165, 1.54) is 0 Å². The molecule has 0 saturated heterocycles. The van der Waals surface area contributed by atoms with Gasteiger partial charge < -0.3 is 10.1 Å². The summed E-state index contributed by atoms with van der Waals surface area (Å²) in [6.45, 7) is 1.71. The fraction of sp³-hybridized carbons (Fsp3) is 0.267. The van der Waals surface area contributed by atoms with E-state index in [4.69, 9.17) is 4.74 Å². The Labute approximate surface area is 122 Å². The number of nitrogens with zero attached hydrogens (tertiary/aromatic N) is 2. The van der Waals surface area contributed by atoms with Crippen LogP contribution in [0, 0.1) is 0 Å². The Bertz CT molecular complexity index is 632. The lowest BCUT2D eigenvalue weighted by Gasteiger charge is -2.06. The molecule has 110 valence electrons. The number of ketones is 1. The third-order valence-electron chi connectivity index (χ3n) is 2.86. The second-order valence-corrected chi connectivity index (χ2v) is 4.54. The van der Waals surface area contributed by atoms with E-state index in [0.717, 1.165) is 0 Å². The molecule has 6 heteroatoms. The van der Waals surface area contributed by atoms with E-state index in [1.807, 2.05) is 6.92 Å². The molecule has 0 fully saturated rings. The summed E-state index contributed by atoms with van der Waals surface area (Å²) in [4.78, 5) is 23.2. The van der Waals surface area contributed by atoms with Gasteiger partial charge in [-0.3, -0.25) is 14.3 Å². The molecule has 0 atom stereocenters. The van der Waals surface area contributed by atoms with Gasteiger partial charge in [-0.05, 0) is 24.3 Å². The van der Waals surface area contributed by atoms with E-state index in [0.29, 0.717) is 23.4 Å². The first kappa shape index (κ1) is 14.8. The van der Waals surface area contributed by atoms with Gasteiger partial charge in [0.25, 0.3) is 5.91 Å². The van der Waals surface area contributed by atoms with Gasteiger partial charge in [0, 0.05) is 25.2 Å². The Kier molecular flexibility index (Phi) is 4.71. The van der Waals surface area contributed by atoms with E-state index in [-0.39, 0.29) is 18.3 Å². The second kappa shape index (κ2) is 6.69. The topological polar surface area (TPSA) is 73.2 Å². The number of anilines is 1. The van der Waals surface area contributed by atoms with Crippen molar-refractivity contribution in [3.05, 3.63) is 42.2 Å². The molecule has 1 heterocycles. The minimum Gasteiger partial charge on any atom is -0.484 e. The summed E-state index contributed by atoms with van der Waals surface area (Å²) < 4.78 is 6.96. The van der Waals surface area contributed by atoms with Crippen LogP contribution in [0.15, 0.2) is 36.7 Å². The molecule has 0 radical (unpaired) electrons. The summed E-state index contributed by atoms with van der Waals surface area (Å²) in [6, 6.07) is 6.75. The Morgan fingerprint density at radius 2 is 2.00 bits per heavy atom. The fourth-order valence-corrected chi connectivity index (χ4v) is 1.77. The SMILES string of the molecule is CCC(=O)c1ccc(OCC(=O)Nc2cnn(C)c2)cc1. The van der Waals surface area contributed by atoms with Crippen LogP contribution < -0.4 is 10.1 Å². The van der Waals surface area contributed by atoms with Crippen LogP contribution in [0.3, 0.4) is 0 Å². The third-order valence-corrected chi connectivity index (χ3v) is 2.86. The fourth-order valence-electron chi connectivity index (χ4n) is 1.77. The molecule has 1 N–H and O–H groups in total. The average Bonchev–Trinajstić information content (AvgIpc) is 2.90. The van der Waals surface area contributed by atoms with Crippen LogP contribution >= 0.6 is 0 Å². The highest BCUT2D eigenvalue weighted by Crippen LogP contribution is 2.13. The van der Waals surface area contributed by atoms with Gasteiger partial charge in [-0.1, -0.05) is 6.92 Å². The monoisotopic (exact) mass is 287 g/mol. The summed E-state index contributed by atoms with van der Waals surface area (Å²) in [5.41, 5.74) is 1.26. The molecule has 6 nitrogen and oxygen atoms in total. The van der Waals surface area contributed by atoms with Gasteiger partial charge in [0.2, 0.25) is 0 Å². The normalized spacial score (nSPS) is 10.2. The highest BCUT2D eigenvalue weighted by molar-refractivity contribution is 5.96. The number of carbonyl (C=O) groups is 2. The van der Waals surface area contributed by atoms with Crippen molar-refractivity contribution in [2.75, 3.05) is 11.9 Å². The van der Waals surface area contributed by atoms with Crippen molar-refractivity contribution < 1.29 is 14.3 Å². The number of hydrogen-bond acceptors (Lipinski definition) is 4. The first-order chi connectivity index (χ1) is 10.1. The van der Waals surface area contributed by atoms with Crippen LogP contribution in [0.1, 0.15) is 23.7 Å². The van der Waals surface area contributed by atoms with Crippen LogP contribution in [0.25, 0.3) is 0 Å². The van der Waals surface area contributed by atoms with Gasteiger partial charge >= 0.3 is 0 Å². The van der Waals surface area contributed by atoms with E-state index < -0.39 is 0 Å². The Morgan fingerprint density at radius 1 is 1.29 bits per heavy atom. The minimum atomic E-state index is -0.267. The standard InChI is InChI=1S/C15H17N3O3/c1-3-14(19)11-4-6-13(7-5-11)21-10-15(20)17-12-8-16-18(2)9-12/h4-9H,3,10H2,1-2H3,(H,17,20). The van der Waals surface area contributed by atoms with E-state index in [9.17, 15) is 9.59 Å². The lowest BCUT2D eigenvalue weighted by Crippen LogP contribution is -2.19. The van der Waals surface area contributed by atoms with Crippen molar-refractivity contribution in [1.29, 1.82) is 0 Å². The zero-order chi connectivity index (χ0) is 15.2. The number of benzene rings is 1. The molecule has 0 bridgehead atoms. The third kappa shape index (κ3) is 4.17. The van der Waals surface area contributed by atoms with Crippen LogP contribution in [0.2, 0.25) is 0 Å². The number of ether oxygens (including phenoxy) is 1. The van der Waals surface area contributed by atoms with Crippen LogP contribution in [0.5, 0.6) is 5.75 Å². The minimum absolute atomic E-state index is 0.0795. The quantitative estimate of drug-likeness (QED) is 0.825. The number of Topliss-reactive ketones (excluding diaryl/α,β-unsaturated/α-hetero) is 1. The predicted molar refractivity (Wildman–Crippen MR) is 78.4 cm³/mol. The van der Waals surface area contributed by atoms with Crippen LogP contribution in [0.4, 0.5) is 5.69 Å². The first-order valence-electron chi connectivity index (χ1n) is 6.63. The molecular formula is C15H17N3O3. The van der Waals surface area contributed by atoms with Gasteiger partial charge in [-0.2, -0.15) is 5.10 Å². The predicted octanol–water partition coefficient (Wildman–Crippen LogP) is 2.03. The van der Waals surface area contributed by atoms with Crippen molar-refractivity contribution in [2.45, 2.75) is 13.3 Å². The maximum Gasteiger partial charge on any atom is 0.262 e. The summed E-state index contributed by atoms with van der Waals surface area (Å²) >= 11 is 0. The smallest absolute Gasteiger partial charge is 0.262 e. The molecule has 2 rings (SSSR count). The number of carbonyl (C=O) groups excluding carboxylic acids is 2. The highest BCUT2D eigenvalue weighted by atomic mass is 16.5. The molecule has 0 aliphatic heterocycles. The number of rotatable bonds is 6. The van der Waals surface area contributed by atoms with E-state index in [2.05, 4.69) is 10.4 Å². The van der Waals surface area contributed by atoms with Crippen molar-refractivity contribution in [3.63, 3.8) is 0 Å². The van der Waals surface area contributed by atoms with Crippen molar-refractivity contribution in [1.82, 2.24) is 9.78 Å². The summed E-state index contributed by atoms with van der Waals surface area (Å²) in [5.74, 6) is 0.358. The molecule has 21 heavy (non-hydrogen) atoms. The molecule has 0 saturated carbocycles. The van der Waals surface area contributed by atoms with Gasteiger partial charge in [0.1, 0.15) is 5.75 Å². The molecule has 1 aromatic carbocycles. The van der Waals surface area contributed by atoms with Gasteiger partial charge in [-0.15, -0.1) is 0 Å². The molecule has 1 amide bonds. The Hall–Kier alpha value is -2.63. The number of amides is 1. The molecular weight excluding hydrogens is 270 g/mol. The number of nitrogens with one attached hydrogen (secondary N) is 1. The van der Waals surface area contributed by atoms with Gasteiger partial charge in [-0.25, -0.2) is 0 Å². The van der Waals surface area contributed by atoms with E-state index in [1.54, 1.807) is 48.4 Å². The summed E-state index contributed by atoms with van der Waals surface area (Å²) in [6.07, 6.45) is 3.72. The second-order valence-electron chi connectivity index (χ2n) is 4.54. The zero-order valence-electron chi connectivity index (χ0n) is 12.0. The van der Waals surface area contributed by atoms with Crippen LogP contribution in [-0.4, -0.2) is 28.1 Å². The maximum absolute atomic E-state index is 11.7. The maximum atomic E-state index is 11.7. The van der Waals surface area contributed by atoms with Gasteiger partial charge in [0.05, 0.1) is 11.9 Å². The van der Waals surface area contributed by atoms with Crippen molar-refractivity contribution in [3.8, 4) is 5.75 Å². The lowest BCUT2D eigenvalue weighted by molar-refractivity contribution is -0.118. The summed E-state index contributed by atoms with van der Waals surface area (Å²) in [7, 11) is 1.77. The number of aryl methyl sites for hydroxylation is 1. The number of aromatic nitrogens is 2. The first-order valence-corrected chi connectivity index (χ1v) is 6.63. The molecule has 0 aliphatic rings. The largest absolute Gasteiger partial charge is 0.484 e. The molecule has 0 aliphatic carbocycles. The van der Waals surface area contributed by atoms with Gasteiger partial charge in [0.15, 0.2) is 12.4 Å². The Balaban J connectivity index is 1.85.